The molecule has 0 atom stereocenters. The summed E-state index contributed by atoms with van der Waals surface area (Å²) in [6.45, 7) is 0.727. The van der Waals surface area contributed by atoms with Gasteiger partial charge in [0.25, 0.3) is 0 Å². The number of rotatable bonds is 3. The highest BCUT2D eigenvalue weighted by atomic mass is 35.5. The summed E-state index contributed by atoms with van der Waals surface area (Å²) in [5.41, 5.74) is 2.80. The van der Waals surface area contributed by atoms with Crippen LogP contribution in [0.1, 0.15) is 11.1 Å². The number of para-hydroxylation sites is 1. The van der Waals surface area contributed by atoms with Gasteiger partial charge in [0.05, 0.1) is 23.7 Å². The molecule has 0 spiro atoms. The van der Waals surface area contributed by atoms with Gasteiger partial charge in [-0.15, -0.1) is 0 Å². The summed E-state index contributed by atoms with van der Waals surface area (Å²) in [4.78, 5) is 12.0. The zero-order valence-electron chi connectivity index (χ0n) is 10.9. The number of carbonyl (C=O) groups is 1. The Hall–Kier alpha value is -2.00. The molecular formula is C16H14ClNO2. The number of halogens is 1. The minimum Gasteiger partial charge on any atom is -0.493 e. The average Bonchev–Trinajstić information content (AvgIpc) is 2.89. The molecule has 0 aromatic heterocycles. The van der Waals surface area contributed by atoms with E-state index in [1.807, 2.05) is 30.3 Å². The second-order valence-electron chi connectivity index (χ2n) is 4.75. The molecule has 20 heavy (non-hydrogen) atoms. The third kappa shape index (κ3) is 2.78. The van der Waals surface area contributed by atoms with Gasteiger partial charge in [-0.05, 0) is 29.3 Å². The van der Waals surface area contributed by atoms with Crippen LogP contribution < -0.4 is 10.1 Å². The Morgan fingerprint density at radius 2 is 2.10 bits per heavy atom. The molecule has 0 radical (unpaired) electrons. The van der Waals surface area contributed by atoms with Crippen LogP contribution in [0, 0.1) is 0 Å². The summed E-state index contributed by atoms with van der Waals surface area (Å²) in [5, 5.41) is 3.37. The van der Waals surface area contributed by atoms with E-state index in [-0.39, 0.29) is 5.91 Å². The van der Waals surface area contributed by atoms with Crippen LogP contribution in [-0.4, -0.2) is 12.5 Å². The first kappa shape index (κ1) is 13.0. The van der Waals surface area contributed by atoms with Crippen molar-refractivity contribution in [2.24, 2.45) is 0 Å². The van der Waals surface area contributed by atoms with Gasteiger partial charge in [-0.25, -0.2) is 0 Å². The van der Waals surface area contributed by atoms with E-state index < -0.39 is 0 Å². The molecule has 4 heteroatoms. The van der Waals surface area contributed by atoms with Gasteiger partial charge in [0.15, 0.2) is 0 Å². The molecule has 0 saturated heterocycles. The fraction of sp³-hybridized carbons (Fsp3) is 0.188. The highest BCUT2D eigenvalue weighted by molar-refractivity contribution is 6.33. The van der Waals surface area contributed by atoms with Crippen LogP contribution in [0.25, 0.3) is 0 Å². The third-order valence-corrected chi connectivity index (χ3v) is 3.60. The van der Waals surface area contributed by atoms with Gasteiger partial charge < -0.3 is 10.1 Å². The van der Waals surface area contributed by atoms with E-state index >= 15 is 0 Å². The number of ether oxygens (including phenoxy) is 1. The number of benzene rings is 2. The van der Waals surface area contributed by atoms with Crippen LogP contribution >= 0.6 is 11.6 Å². The Morgan fingerprint density at radius 1 is 1.25 bits per heavy atom. The Balaban J connectivity index is 1.69. The first-order valence-corrected chi connectivity index (χ1v) is 6.89. The number of carbonyl (C=O) groups excluding carboxylic acids is 1. The van der Waals surface area contributed by atoms with E-state index in [2.05, 4.69) is 5.32 Å². The molecule has 0 unspecified atom stereocenters. The zero-order chi connectivity index (χ0) is 13.9. The van der Waals surface area contributed by atoms with Crippen LogP contribution in [0.3, 0.4) is 0 Å². The summed E-state index contributed by atoms with van der Waals surface area (Å²) in [5.74, 6) is 0.859. The van der Waals surface area contributed by atoms with Crippen molar-refractivity contribution in [1.29, 1.82) is 0 Å². The van der Waals surface area contributed by atoms with Crippen LogP contribution in [0.5, 0.6) is 5.75 Å². The van der Waals surface area contributed by atoms with Crippen molar-refractivity contribution < 1.29 is 9.53 Å². The lowest BCUT2D eigenvalue weighted by molar-refractivity contribution is -0.115. The standard InChI is InChI=1S/C16H14ClNO2/c17-13-3-1-2-4-14(13)18-16(19)10-11-5-6-15-12(9-11)7-8-20-15/h1-6,9H,7-8,10H2,(H,18,19). The van der Waals surface area contributed by atoms with Gasteiger partial charge in [-0.1, -0.05) is 35.9 Å². The maximum Gasteiger partial charge on any atom is 0.228 e. The minimum atomic E-state index is -0.0723. The van der Waals surface area contributed by atoms with Crippen molar-refractivity contribution >= 4 is 23.2 Å². The quantitative estimate of drug-likeness (QED) is 0.939. The van der Waals surface area contributed by atoms with E-state index in [1.165, 1.54) is 5.56 Å². The van der Waals surface area contributed by atoms with Crippen LogP contribution in [0.2, 0.25) is 5.02 Å². The summed E-state index contributed by atoms with van der Waals surface area (Å²) in [7, 11) is 0. The fourth-order valence-electron chi connectivity index (χ4n) is 2.29. The molecule has 102 valence electrons. The Labute approximate surface area is 122 Å². The second-order valence-corrected chi connectivity index (χ2v) is 5.15. The Bertz CT molecular complexity index is 655. The zero-order valence-corrected chi connectivity index (χ0v) is 11.6. The predicted molar refractivity (Wildman–Crippen MR) is 79.4 cm³/mol. The molecule has 1 aliphatic heterocycles. The van der Waals surface area contributed by atoms with E-state index in [9.17, 15) is 4.79 Å². The second kappa shape index (κ2) is 5.55. The number of amides is 1. The molecule has 0 fully saturated rings. The molecule has 1 N–H and O–H groups in total. The van der Waals surface area contributed by atoms with Crippen molar-refractivity contribution in [3.63, 3.8) is 0 Å². The van der Waals surface area contributed by atoms with Gasteiger partial charge in [-0.2, -0.15) is 0 Å². The van der Waals surface area contributed by atoms with E-state index in [4.69, 9.17) is 16.3 Å². The summed E-state index contributed by atoms with van der Waals surface area (Å²) >= 11 is 6.02. The molecule has 3 nitrogen and oxygen atoms in total. The lowest BCUT2D eigenvalue weighted by atomic mass is 10.1. The van der Waals surface area contributed by atoms with Crippen LogP contribution in [0.4, 0.5) is 5.69 Å². The molecule has 1 heterocycles. The number of hydrogen-bond acceptors (Lipinski definition) is 2. The minimum absolute atomic E-state index is 0.0723. The monoisotopic (exact) mass is 287 g/mol. The fourth-order valence-corrected chi connectivity index (χ4v) is 2.48. The van der Waals surface area contributed by atoms with Crippen molar-refractivity contribution in [3.05, 3.63) is 58.6 Å². The predicted octanol–water partition coefficient (Wildman–Crippen LogP) is 3.46. The highest BCUT2D eigenvalue weighted by Gasteiger charge is 2.13. The summed E-state index contributed by atoms with van der Waals surface area (Å²) < 4.78 is 5.45. The maximum absolute atomic E-state index is 12.0. The van der Waals surface area contributed by atoms with E-state index in [0.717, 1.165) is 24.3 Å². The van der Waals surface area contributed by atoms with Crippen LogP contribution in [-0.2, 0) is 17.6 Å². The van der Waals surface area contributed by atoms with Crippen molar-refractivity contribution in [2.75, 3.05) is 11.9 Å². The molecular weight excluding hydrogens is 274 g/mol. The lowest BCUT2D eigenvalue weighted by Crippen LogP contribution is -2.14. The summed E-state index contributed by atoms with van der Waals surface area (Å²) in [6.07, 6.45) is 1.24. The van der Waals surface area contributed by atoms with Gasteiger partial charge >= 0.3 is 0 Å². The topological polar surface area (TPSA) is 38.3 Å². The highest BCUT2D eigenvalue weighted by Crippen LogP contribution is 2.26. The number of nitrogens with one attached hydrogen (secondary N) is 1. The largest absolute Gasteiger partial charge is 0.493 e. The molecule has 1 aliphatic rings. The first-order chi connectivity index (χ1) is 9.72. The van der Waals surface area contributed by atoms with Gasteiger partial charge in [0.2, 0.25) is 5.91 Å². The molecule has 0 bridgehead atoms. The SMILES string of the molecule is O=C(Cc1ccc2c(c1)CCO2)Nc1ccccc1Cl. The van der Waals surface area contributed by atoms with E-state index in [1.54, 1.807) is 12.1 Å². The average molecular weight is 288 g/mol. The Morgan fingerprint density at radius 3 is 2.95 bits per heavy atom. The van der Waals surface area contributed by atoms with Gasteiger partial charge in [0.1, 0.15) is 5.75 Å². The number of hydrogen-bond donors (Lipinski definition) is 1. The van der Waals surface area contributed by atoms with Crippen molar-refractivity contribution in [2.45, 2.75) is 12.8 Å². The van der Waals surface area contributed by atoms with E-state index in [0.29, 0.717) is 17.1 Å². The Kier molecular flexibility index (Phi) is 3.61. The molecule has 2 aromatic carbocycles. The third-order valence-electron chi connectivity index (χ3n) is 3.27. The van der Waals surface area contributed by atoms with Crippen LogP contribution in [0.15, 0.2) is 42.5 Å². The first-order valence-electron chi connectivity index (χ1n) is 6.51. The molecule has 2 aromatic rings. The lowest BCUT2D eigenvalue weighted by Gasteiger charge is -2.07. The van der Waals surface area contributed by atoms with Gasteiger partial charge in [-0.3, -0.25) is 4.79 Å². The molecule has 3 rings (SSSR count). The smallest absolute Gasteiger partial charge is 0.228 e. The molecule has 0 saturated carbocycles. The number of anilines is 1. The molecule has 1 amide bonds. The van der Waals surface area contributed by atoms with Crippen molar-refractivity contribution in [3.8, 4) is 5.75 Å². The maximum atomic E-state index is 12.0. The van der Waals surface area contributed by atoms with Crippen molar-refractivity contribution in [1.82, 2.24) is 0 Å². The molecule has 0 aliphatic carbocycles. The van der Waals surface area contributed by atoms with Gasteiger partial charge in [0, 0.05) is 6.42 Å². The summed E-state index contributed by atoms with van der Waals surface area (Å²) in [6, 6.07) is 13.1. The normalized spacial score (nSPS) is 12.7. The number of fused-ring (bicyclic) bond motifs is 1.